The molecule has 0 radical (unpaired) electrons. The van der Waals surface area contributed by atoms with Crippen LogP contribution in [0.25, 0.3) is 0 Å². The monoisotopic (exact) mass is 437 g/mol. The van der Waals surface area contributed by atoms with Crippen molar-refractivity contribution in [1.29, 1.82) is 0 Å². The van der Waals surface area contributed by atoms with Crippen LogP contribution in [0.1, 0.15) is 62.2 Å². The minimum absolute atomic E-state index is 0.0112. The SMILES string of the molecule is CC1=C(C(=O)N2CC(c3noc(COc4ccc(C)cc4)n3)C2)C2(CCCCC2)OC1=O. The summed E-state index contributed by atoms with van der Waals surface area (Å²) < 4.78 is 16.7. The summed E-state index contributed by atoms with van der Waals surface area (Å²) in [6, 6.07) is 7.75. The molecular formula is C24H27N3O5. The average Bonchev–Trinajstić information content (AvgIpc) is 3.30. The summed E-state index contributed by atoms with van der Waals surface area (Å²) in [5.74, 6) is 1.27. The van der Waals surface area contributed by atoms with Crippen LogP contribution in [0.3, 0.4) is 0 Å². The third-order valence-corrected chi connectivity index (χ3v) is 6.70. The van der Waals surface area contributed by atoms with Gasteiger partial charge < -0.3 is 18.9 Å². The number of amides is 1. The Balaban J connectivity index is 1.20. The Kier molecular flexibility index (Phi) is 5.23. The Hall–Kier alpha value is -3.16. The first-order valence-electron chi connectivity index (χ1n) is 11.2. The molecule has 2 aromatic rings. The molecule has 1 aromatic carbocycles. The standard InChI is InChI=1S/C24H27N3O5/c1-15-6-8-18(9-7-15)30-14-19-25-21(26-32-19)17-12-27(13-17)22(28)20-16(2)23(29)31-24(20)10-4-3-5-11-24/h6-9,17H,3-5,10-14H2,1-2H3. The summed E-state index contributed by atoms with van der Waals surface area (Å²) in [6.45, 7) is 4.91. The Morgan fingerprint density at radius 1 is 1.16 bits per heavy atom. The second-order valence-electron chi connectivity index (χ2n) is 9.00. The molecule has 1 aliphatic carbocycles. The summed E-state index contributed by atoms with van der Waals surface area (Å²) >= 11 is 0. The van der Waals surface area contributed by atoms with Crippen LogP contribution >= 0.6 is 0 Å². The highest BCUT2D eigenvalue weighted by molar-refractivity contribution is 6.07. The molecule has 0 N–H and O–H groups in total. The van der Waals surface area contributed by atoms with Crippen LogP contribution in [0.15, 0.2) is 39.9 Å². The quantitative estimate of drug-likeness (QED) is 0.661. The Morgan fingerprint density at radius 3 is 2.59 bits per heavy atom. The van der Waals surface area contributed by atoms with Gasteiger partial charge in [-0.2, -0.15) is 4.98 Å². The first-order chi connectivity index (χ1) is 15.4. The molecule has 168 valence electrons. The highest BCUT2D eigenvalue weighted by atomic mass is 16.6. The van der Waals surface area contributed by atoms with Crippen molar-refractivity contribution in [3.8, 4) is 5.75 Å². The molecule has 3 aliphatic rings. The number of carbonyl (C=O) groups excluding carboxylic acids is 2. The van der Waals surface area contributed by atoms with Crippen LogP contribution in [-0.4, -0.2) is 45.6 Å². The molecule has 8 nitrogen and oxygen atoms in total. The van der Waals surface area contributed by atoms with E-state index in [1.807, 2.05) is 31.2 Å². The van der Waals surface area contributed by atoms with Crippen LogP contribution < -0.4 is 4.74 Å². The first kappa shape index (κ1) is 20.7. The van der Waals surface area contributed by atoms with Crippen LogP contribution in [0, 0.1) is 6.92 Å². The van der Waals surface area contributed by atoms with Crippen LogP contribution in [0.2, 0.25) is 0 Å². The van der Waals surface area contributed by atoms with Crippen molar-refractivity contribution in [3.63, 3.8) is 0 Å². The molecule has 2 fully saturated rings. The van der Waals surface area contributed by atoms with Crippen molar-refractivity contribution in [2.24, 2.45) is 0 Å². The van der Waals surface area contributed by atoms with E-state index in [1.165, 1.54) is 0 Å². The highest BCUT2D eigenvalue weighted by Gasteiger charge is 2.52. The van der Waals surface area contributed by atoms with E-state index in [9.17, 15) is 9.59 Å². The Morgan fingerprint density at radius 2 is 1.88 bits per heavy atom. The highest BCUT2D eigenvalue weighted by Crippen LogP contribution is 2.45. The number of likely N-dealkylation sites (tertiary alicyclic amines) is 1. The minimum atomic E-state index is -0.728. The predicted octanol–water partition coefficient (Wildman–Crippen LogP) is 3.46. The van der Waals surface area contributed by atoms with Gasteiger partial charge >= 0.3 is 5.97 Å². The van der Waals surface area contributed by atoms with Gasteiger partial charge in [-0.15, -0.1) is 0 Å². The van der Waals surface area contributed by atoms with E-state index in [1.54, 1.807) is 11.8 Å². The fraction of sp³-hybridized carbons (Fsp3) is 0.500. The van der Waals surface area contributed by atoms with Crippen molar-refractivity contribution in [2.45, 2.75) is 64.1 Å². The van der Waals surface area contributed by atoms with Gasteiger partial charge in [0.1, 0.15) is 11.4 Å². The molecule has 1 saturated heterocycles. The summed E-state index contributed by atoms with van der Waals surface area (Å²) in [7, 11) is 0. The van der Waals surface area contributed by atoms with Crippen molar-refractivity contribution in [2.75, 3.05) is 13.1 Å². The second kappa shape index (κ2) is 8.07. The lowest BCUT2D eigenvalue weighted by molar-refractivity contribution is -0.150. The second-order valence-corrected chi connectivity index (χ2v) is 9.00. The number of rotatable bonds is 5. The maximum absolute atomic E-state index is 13.3. The van der Waals surface area contributed by atoms with Gasteiger partial charge in [-0.3, -0.25) is 4.79 Å². The van der Waals surface area contributed by atoms with E-state index < -0.39 is 5.60 Å². The topological polar surface area (TPSA) is 94.8 Å². The van der Waals surface area contributed by atoms with Crippen molar-refractivity contribution in [1.82, 2.24) is 15.0 Å². The lowest BCUT2D eigenvalue weighted by Gasteiger charge is -2.41. The number of esters is 1. The fourth-order valence-electron chi connectivity index (χ4n) is 4.82. The summed E-state index contributed by atoms with van der Waals surface area (Å²) in [5, 5.41) is 4.07. The number of hydrogen-bond donors (Lipinski definition) is 0. The normalized spacial score (nSPS) is 20.4. The van der Waals surface area contributed by atoms with Gasteiger partial charge in [-0.25, -0.2) is 4.79 Å². The number of ether oxygens (including phenoxy) is 2. The molecule has 32 heavy (non-hydrogen) atoms. The molecule has 8 heteroatoms. The number of carbonyl (C=O) groups is 2. The van der Waals surface area contributed by atoms with Crippen molar-refractivity contribution >= 4 is 11.9 Å². The maximum Gasteiger partial charge on any atom is 0.335 e. The molecule has 3 heterocycles. The number of nitrogens with zero attached hydrogens (tertiary/aromatic N) is 3. The van der Waals surface area contributed by atoms with Gasteiger partial charge in [0.05, 0.1) is 11.5 Å². The molecular weight excluding hydrogens is 410 g/mol. The lowest BCUT2D eigenvalue weighted by atomic mass is 9.78. The van der Waals surface area contributed by atoms with Crippen molar-refractivity contribution < 1.29 is 23.6 Å². The minimum Gasteiger partial charge on any atom is -0.484 e. The molecule has 1 saturated carbocycles. The third kappa shape index (κ3) is 3.67. The van der Waals surface area contributed by atoms with Gasteiger partial charge in [0.2, 0.25) is 0 Å². The molecule has 1 spiro atoms. The molecule has 2 aliphatic heterocycles. The summed E-state index contributed by atoms with van der Waals surface area (Å²) in [4.78, 5) is 31.7. The van der Waals surface area contributed by atoms with Crippen LogP contribution in [0.5, 0.6) is 5.75 Å². The first-order valence-corrected chi connectivity index (χ1v) is 11.2. The number of aromatic nitrogens is 2. The molecule has 5 rings (SSSR count). The van der Waals surface area contributed by atoms with Crippen molar-refractivity contribution in [3.05, 3.63) is 52.7 Å². The number of hydrogen-bond acceptors (Lipinski definition) is 7. The van der Waals surface area contributed by atoms with Crippen LogP contribution in [0.4, 0.5) is 0 Å². The zero-order valence-electron chi connectivity index (χ0n) is 18.4. The Bertz CT molecular complexity index is 1060. The van der Waals surface area contributed by atoms with E-state index in [0.717, 1.165) is 43.4 Å². The van der Waals surface area contributed by atoms with Gasteiger partial charge in [-0.05, 0) is 51.7 Å². The third-order valence-electron chi connectivity index (χ3n) is 6.70. The number of aryl methyl sites for hydroxylation is 1. The molecule has 1 amide bonds. The number of benzene rings is 1. The lowest BCUT2D eigenvalue weighted by Crippen LogP contribution is -2.52. The molecule has 0 atom stereocenters. The van der Waals surface area contributed by atoms with E-state index in [4.69, 9.17) is 14.0 Å². The predicted molar refractivity (Wildman–Crippen MR) is 114 cm³/mol. The van der Waals surface area contributed by atoms with Gasteiger partial charge in [-0.1, -0.05) is 29.3 Å². The smallest absolute Gasteiger partial charge is 0.335 e. The summed E-state index contributed by atoms with van der Waals surface area (Å²) in [6.07, 6.45) is 4.50. The largest absolute Gasteiger partial charge is 0.484 e. The molecule has 0 unspecified atom stereocenters. The van der Waals surface area contributed by atoms with E-state index >= 15 is 0 Å². The van der Waals surface area contributed by atoms with E-state index in [-0.39, 0.29) is 24.4 Å². The zero-order chi connectivity index (χ0) is 22.3. The van der Waals surface area contributed by atoms with Crippen LogP contribution in [-0.2, 0) is 20.9 Å². The molecule has 0 bridgehead atoms. The van der Waals surface area contributed by atoms with E-state index in [2.05, 4.69) is 10.1 Å². The van der Waals surface area contributed by atoms with Gasteiger partial charge in [0.15, 0.2) is 12.4 Å². The zero-order valence-corrected chi connectivity index (χ0v) is 18.4. The maximum atomic E-state index is 13.3. The molecule has 1 aromatic heterocycles. The van der Waals surface area contributed by atoms with Gasteiger partial charge in [0, 0.05) is 18.7 Å². The summed E-state index contributed by atoms with van der Waals surface area (Å²) in [5.41, 5.74) is 1.45. The fourth-order valence-corrected chi connectivity index (χ4v) is 4.82. The average molecular weight is 437 g/mol. The Labute approximate surface area is 186 Å². The van der Waals surface area contributed by atoms with Gasteiger partial charge in [0.25, 0.3) is 11.8 Å². The van der Waals surface area contributed by atoms with E-state index in [0.29, 0.717) is 36.0 Å².